The monoisotopic (exact) mass is 379 g/mol. The van der Waals surface area contributed by atoms with E-state index in [9.17, 15) is 4.79 Å². The molecule has 28 heavy (non-hydrogen) atoms. The summed E-state index contributed by atoms with van der Waals surface area (Å²) in [5, 5.41) is 10.8. The number of ether oxygens (including phenoxy) is 1. The van der Waals surface area contributed by atoms with E-state index in [-0.39, 0.29) is 5.97 Å². The second kappa shape index (κ2) is 8.56. The molecule has 0 aliphatic rings. The summed E-state index contributed by atoms with van der Waals surface area (Å²) in [4.78, 5) is 16.2. The SMILES string of the molecule is CCOC(=O)c1ccc(Nc2nc(NC)n(-c3ccc(C(C)C)cc3)n2)cc1. The van der Waals surface area contributed by atoms with Crippen molar-refractivity contribution in [2.24, 2.45) is 0 Å². The molecular weight excluding hydrogens is 354 g/mol. The quantitative estimate of drug-likeness (QED) is 0.594. The van der Waals surface area contributed by atoms with E-state index in [1.807, 2.05) is 12.1 Å². The third-order valence-electron chi connectivity index (χ3n) is 4.29. The first-order valence-corrected chi connectivity index (χ1v) is 9.31. The fourth-order valence-corrected chi connectivity index (χ4v) is 2.74. The molecule has 2 N–H and O–H groups in total. The lowest BCUT2D eigenvalue weighted by Gasteiger charge is -2.08. The zero-order valence-electron chi connectivity index (χ0n) is 16.6. The summed E-state index contributed by atoms with van der Waals surface area (Å²) in [5.41, 5.74) is 3.48. The zero-order chi connectivity index (χ0) is 20.1. The van der Waals surface area contributed by atoms with Crippen LogP contribution in [0.1, 0.15) is 42.6 Å². The van der Waals surface area contributed by atoms with E-state index in [4.69, 9.17) is 4.74 Å². The molecule has 1 heterocycles. The lowest BCUT2D eigenvalue weighted by Crippen LogP contribution is -2.04. The molecule has 0 unspecified atom stereocenters. The number of rotatable bonds is 7. The molecule has 0 saturated carbocycles. The minimum Gasteiger partial charge on any atom is -0.462 e. The maximum absolute atomic E-state index is 11.7. The van der Waals surface area contributed by atoms with E-state index in [1.54, 1.807) is 42.9 Å². The molecule has 1 aromatic heterocycles. The van der Waals surface area contributed by atoms with Crippen LogP contribution in [0.5, 0.6) is 0 Å². The number of anilines is 3. The third kappa shape index (κ3) is 4.31. The van der Waals surface area contributed by atoms with Crippen LogP contribution in [0, 0.1) is 0 Å². The summed E-state index contributed by atoms with van der Waals surface area (Å²) in [6.45, 7) is 6.47. The Labute approximate surface area is 164 Å². The van der Waals surface area contributed by atoms with Gasteiger partial charge in [-0.3, -0.25) is 0 Å². The minimum atomic E-state index is -0.334. The fraction of sp³-hybridized carbons (Fsp3) is 0.286. The second-order valence-electron chi connectivity index (χ2n) is 6.59. The standard InChI is InChI=1S/C21H25N5O2/c1-5-28-19(27)16-6-10-17(11-7-16)23-20-24-21(22-4)26(25-20)18-12-8-15(9-13-18)14(2)3/h6-14H,5H2,1-4H3,(H2,22,23,24,25). The Morgan fingerprint density at radius 2 is 1.79 bits per heavy atom. The molecule has 0 fully saturated rings. The molecule has 0 bridgehead atoms. The zero-order valence-corrected chi connectivity index (χ0v) is 16.6. The first-order valence-electron chi connectivity index (χ1n) is 9.31. The summed E-state index contributed by atoms with van der Waals surface area (Å²) >= 11 is 0. The normalized spacial score (nSPS) is 10.8. The Balaban J connectivity index is 1.79. The topological polar surface area (TPSA) is 81.1 Å². The predicted molar refractivity (Wildman–Crippen MR) is 111 cm³/mol. The van der Waals surface area contributed by atoms with E-state index < -0.39 is 0 Å². The molecule has 2 aromatic carbocycles. The number of hydrogen-bond donors (Lipinski definition) is 2. The van der Waals surface area contributed by atoms with Crippen molar-refractivity contribution in [1.82, 2.24) is 14.8 Å². The van der Waals surface area contributed by atoms with Gasteiger partial charge in [0.2, 0.25) is 11.9 Å². The van der Waals surface area contributed by atoms with Crippen LogP contribution in [0.4, 0.5) is 17.6 Å². The van der Waals surface area contributed by atoms with Crippen molar-refractivity contribution in [2.45, 2.75) is 26.7 Å². The van der Waals surface area contributed by atoms with Gasteiger partial charge in [-0.1, -0.05) is 26.0 Å². The third-order valence-corrected chi connectivity index (χ3v) is 4.29. The summed E-state index contributed by atoms with van der Waals surface area (Å²) in [6, 6.07) is 15.3. The van der Waals surface area contributed by atoms with Gasteiger partial charge in [0.05, 0.1) is 17.9 Å². The molecule has 0 aliphatic carbocycles. The van der Waals surface area contributed by atoms with Gasteiger partial charge in [-0.15, -0.1) is 5.10 Å². The summed E-state index contributed by atoms with van der Waals surface area (Å²) < 4.78 is 6.75. The minimum absolute atomic E-state index is 0.334. The van der Waals surface area contributed by atoms with Gasteiger partial charge in [-0.2, -0.15) is 9.67 Å². The first-order chi connectivity index (χ1) is 13.5. The van der Waals surface area contributed by atoms with E-state index in [0.29, 0.717) is 30.0 Å². The Kier molecular flexibility index (Phi) is 5.93. The van der Waals surface area contributed by atoms with Crippen LogP contribution in [-0.4, -0.2) is 34.4 Å². The molecule has 7 heteroatoms. The number of carbonyl (C=O) groups is 1. The van der Waals surface area contributed by atoms with Crippen molar-refractivity contribution in [3.63, 3.8) is 0 Å². The number of aromatic nitrogens is 3. The van der Waals surface area contributed by atoms with E-state index in [2.05, 4.69) is 46.7 Å². The van der Waals surface area contributed by atoms with Crippen LogP contribution in [0.3, 0.4) is 0 Å². The molecule has 0 atom stereocenters. The average Bonchev–Trinajstić information content (AvgIpc) is 3.11. The smallest absolute Gasteiger partial charge is 0.338 e. The van der Waals surface area contributed by atoms with Crippen LogP contribution < -0.4 is 10.6 Å². The van der Waals surface area contributed by atoms with Crippen molar-refractivity contribution in [3.05, 3.63) is 59.7 Å². The lowest BCUT2D eigenvalue weighted by molar-refractivity contribution is 0.0526. The van der Waals surface area contributed by atoms with Crippen LogP contribution >= 0.6 is 0 Å². The summed E-state index contributed by atoms with van der Waals surface area (Å²) in [5.74, 6) is 1.23. The largest absolute Gasteiger partial charge is 0.462 e. The van der Waals surface area contributed by atoms with Crippen LogP contribution in [0.15, 0.2) is 48.5 Å². The molecule has 146 valence electrons. The van der Waals surface area contributed by atoms with E-state index >= 15 is 0 Å². The number of esters is 1. The number of carbonyl (C=O) groups excluding carboxylic acids is 1. The number of nitrogens with one attached hydrogen (secondary N) is 2. The Bertz CT molecular complexity index is 930. The molecule has 7 nitrogen and oxygen atoms in total. The van der Waals surface area contributed by atoms with Gasteiger partial charge >= 0.3 is 5.97 Å². The molecule has 3 rings (SSSR count). The highest BCUT2D eigenvalue weighted by atomic mass is 16.5. The molecular formula is C21H25N5O2. The van der Waals surface area contributed by atoms with Gasteiger partial charge in [0.1, 0.15) is 0 Å². The number of benzene rings is 2. The van der Waals surface area contributed by atoms with Crippen LogP contribution in [-0.2, 0) is 4.74 Å². The lowest BCUT2D eigenvalue weighted by atomic mass is 10.0. The number of hydrogen-bond acceptors (Lipinski definition) is 6. The summed E-state index contributed by atoms with van der Waals surface area (Å²) in [7, 11) is 1.81. The fourth-order valence-electron chi connectivity index (χ4n) is 2.74. The molecule has 0 spiro atoms. The second-order valence-corrected chi connectivity index (χ2v) is 6.59. The summed E-state index contributed by atoms with van der Waals surface area (Å²) in [6.07, 6.45) is 0. The molecule has 0 aliphatic heterocycles. The Morgan fingerprint density at radius 1 is 1.11 bits per heavy atom. The first kappa shape index (κ1) is 19.4. The van der Waals surface area contributed by atoms with Crippen molar-refractivity contribution >= 4 is 23.6 Å². The van der Waals surface area contributed by atoms with Gasteiger partial charge in [0, 0.05) is 12.7 Å². The average molecular weight is 379 g/mol. The van der Waals surface area contributed by atoms with Crippen molar-refractivity contribution in [2.75, 3.05) is 24.3 Å². The van der Waals surface area contributed by atoms with Crippen LogP contribution in [0.2, 0.25) is 0 Å². The van der Waals surface area contributed by atoms with Crippen LogP contribution in [0.25, 0.3) is 5.69 Å². The maximum Gasteiger partial charge on any atom is 0.338 e. The van der Waals surface area contributed by atoms with Gasteiger partial charge < -0.3 is 15.4 Å². The van der Waals surface area contributed by atoms with E-state index in [0.717, 1.165) is 11.4 Å². The van der Waals surface area contributed by atoms with Crippen molar-refractivity contribution in [1.29, 1.82) is 0 Å². The molecule has 0 radical (unpaired) electrons. The highest BCUT2D eigenvalue weighted by Crippen LogP contribution is 2.21. The molecule has 3 aromatic rings. The van der Waals surface area contributed by atoms with Gasteiger partial charge in [0.15, 0.2) is 0 Å². The molecule has 0 amide bonds. The van der Waals surface area contributed by atoms with Crippen molar-refractivity contribution < 1.29 is 9.53 Å². The highest BCUT2D eigenvalue weighted by Gasteiger charge is 2.12. The maximum atomic E-state index is 11.7. The van der Waals surface area contributed by atoms with Gasteiger partial charge in [-0.05, 0) is 54.8 Å². The van der Waals surface area contributed by atoms with Crippen molar-refractivity contribution in [3.8, 4) is 5.69 Å². The number of nitrogens with zero attached hydrogens (tertiary/aromatic N) is 3. The highest BCUT2D eigenvalue weighted by molar-refractivity contribution is 5.89. The molecule has 0 saturated heterocycles. The van der Waals surface area contributed by atoms with Gasteiger partial charge in [-0.25, -0.2) is 4.79 Å². The van der Waals surface area contributed by atoms with Gasteiger partial charge in [0.25, 0.3) is 0 Å². The Hall–Kier alpha value is -3.35. The Morgan fingerprint density at radius 3 is 2.36 bits per heavy atom. The van der Waals surface area contributed by atoms with E-state index in [1.165, 1.54) is 5.56 Å². The predicted octanol–water partition coefficient (Wildman–Crippen LogP) is 4.35.